The summed E-state index contributed by atoms with van der Waals surface area (Å²) in [5.74, 6) is 2.59. The molecule has 0 aliphatic carbocycles. The van der Waals surface area contributed by atoms with Crippen LogP contribution in [0.4, 0.5) is 0 Å². The summed E-state index contributed by atoms with van der Waals surface area (Å²) in [5.41, 5.74) is 2.08. The number of rotatable bonds is 1. The number of hydrazine groups is 1. The molecule has 4 nitrogen and oxygen atoms in total. The van der Waals surface area contributed by atoms with Gasteiger partial charge in [0, 0.05) is 48.8 Å². The van der Waals surface area contributed by atoms with Crippen LogP contribution >= 0.6 is 11.8 Å². The van der Waals surface area contributed by atoms with Crippen LogP contribution in [0.2, 0.25) is 0 Å². The van der Waals surface area contributed by atoms with E-state index in [0.717, 1.165) is 31.7 Å². The lowest BCUT2D eigenvalue weighted by atomic mass is 10.1. The van der Waals surface area contributed by atoms with Crippen molar-refractivity contribution in [2.75, 3.05) is 37.7 Å². The molecule has 4 rings (SSSR count). The molecule has 0 saturated carbocycles. The molecule has 1 aromatic rings. The minimum absolute atomic E-state index is 0.145. The molecule has 0 radical (unpaired) electrons. The van der Waals surface area contributed by atoms with Crippen LogP contribution in [0, 0.1) is 0 Å². The first kappa shape index (κ1) is 11.8. The Kier molecular flexibility index (Phi) is 2.79. The predicted octanol–water partition coefficient (Wildman–Crippen LogP) is 1.42. The summed E-state index contributed by atoms with van der Waals surface area (Å²) in [4.78, 5) is 14.4. The Morgan fingerprint density at radius 3 is 2.68 bits per heavy atom. The van der Waals surface area contributed by atoms with Crippen molar-refractivity contribution in [1.82, 2.24) is 14.9 Å². The van der Waals surface area contributed by atoms with E-state index in [4.69, 9.17) is 0 Å². The van der Waals surface area contributed by atoms with E-state index in [9.17, 15) is 4.79 Å². The zero-order valence-corrected chi connectivity index (χ0v) is 11.6. The summed E-state index contributed by atoms with van der Waals surface area (Å²) in [6.45, 7) is 4.02. The molecule has 5 heteroatoms. The van der Waals surface area contributed by atoms with Gasteiger partial charge in [0.05, 0.1) is 0 Å². The molecule has 2 saturated heterocycles. The third kappa shape index (κ3) is 1.72. The maximum atomic E-state index is 12.4. The van der Waals surface area contributed by atoms with Crippen LogP contribution < -0.4 is 0 Å². The smallest absolute Gasteiger partial charge is 0.255 e. The first-order valence-electron chi connectivity index (χ1n) is 6.85. The number of carbonyl (C=O) groups excluding carboxylic acids is 1. The second kappa shape index (κ2) is 4.51. The van der Waals surface area contributed by atoms with Gasteiger partial charge in [0.25, 0.3) is 5.91 Å². The van der Waals surface area contributed by atoms with Gasteiger partial charge in [-0.05, 0) is 6.07 Å². The highest BCUT2D eigenvalue weighted by molar-refractivity contribution is 7.99. The SMILES string of the molecule is O=C1c2ccccc2C2N1CCN2N1CCSCC1. The van der Waals surface area contributed by atoms with E-state index in [2.05, 4.69) is 16.1 Å². The summed E-state index contributed by atoms with van der Waals surface area (Å²) in [5, 5.41) is 4.85. The van der Waals surface area contributed by atoms with Gasteiger partial charge >= 0.3 is 0 Å². The summed E-state index contributed by atoms with van der Waals surface area (Å²) in [6, 6.07) is 8.06. The maximum Gasteiger partial charge on any atom is 0.255 e. The largest absolute Gasteiger partial charge is 0.316 e. The average molecular weight is 275 g/mol. The number of benzene rings is 1. The molecule has 1 unspecified atom stereocenters. The van der Waals surface area contributed by atoms with Crippen molar-refractivity contribution in [3.63, 3.8) is 0 Å². The van der Waals surface area contributed by atoms with E-state index in [0.29, 0.717) is 0 Å². The molecule has 1 aromatic carbocycles. The van der Waals surface area contributed by atoms with Gasteiger partial charge < -0.3 is 4.90 Å². The Bertz CT molecular complexity index is 515. The minimum atomic E-state index is 0.145. The second-order valence-electron chi connectivity index (χ2n) is 5.19. The lowest BCUT2D eigenvalue weighted by molar-refractivity contribution is -0.0491. The van der Waals surface area contributed by atoms with Gasteiger partial charge in [-0.15, -0.1) is 0 Å². The number of nitrogens with zero attached hydrogens (tertiary/aromatic N) is 3. The molecule has 3 aliphatic heterocycles. The van der Waals surface area contributed by atoms with E-state index >= 15 is 0 Å². The molecule has 3 aliphatic rings. The van der Waals surface area contributed by atoms with Gasteiger partial charge in [-0.25, -0.2) is 10.0 Å². The molecule has 1 amide bonds. The lowest BCUT2D eigenvalue weighted by Gasteiger charge is -2.37. The van der Waals surface area contributed by atoms with E-state index in [1.54, 1.807) is 0 Å². The van der Waals surface area contributed by atoms with Crippen LogP contribution in [0.1, 0.15) is 22.1 Å². The zero-order chi connectivity index (χ0) is 12.8. The van der Waals surface area contributed by atoms with Gasteiger partial charge in [-0.2, -0.15) is 11.8 Å². The Morgan fingerprint density at radius 2 is 1.84 bits per heavy atom. The van der Waals surface area contributed by atoms with Crippen LogP contribution in [-0.4, -0.2) is 58.5 Å². The molecule has 2 fully saturated rings. The van der Waals surface area contributed by atoms with E-state index in [-0.39, 0.29) is 12.1 Å². The monoisotopic (exact) mass is 275 g/mol. The van der Waals surface area contributed by atoms with E-state index in [1.165, 1.54) is 17.1 Å². The summed E-state index contributed by atoms with van der Waals surface area (Å²) < 4.78 is 0. The van der Waals surface area contributed by atoms with Crippen LogP contribution in [0.3, 0.4) is 0 Å². The van der Waals surface area contributed by atoms with Crippen molar-refractivity contribution >= 4 is 17.7 Å². The van der Waals surface area contributed by atoms with Crippen LogP contribution in [0.25, 0.3) is 0 Å². The van der Waals surface area contributed by atoms with E-state index in [1.807, 2.05) is 34.9 Å². The predicted molar refractivity (Wildman–Crippen MR) is 75.8 cm³/mol. The van der Waals surface area contributed by atoms with Gasteiger partial charge in [-0.3, -0.25) is 4.79 Å². The average Bonchev–Trinajstić information content (AvgIpc) is 3.02. The highest BCUT2D eigenvalue weighted by atomic mass is 32.2. The Balaban J connectivity index is 1.69. The van der Waals surface area contributed by atoms with Crippen molar-refractivity contribution in [1.29, 1.82) is 0 Å². The molecular weight excluding hydrogens is 258 g/mol. The third-order valence-corrected chi connectivity index (χ3v) is 5.17. The number of fused-ring (bicyclic) bond motifs is 3. The van der Waals surface area contributed by atoms with Gasteiger partial charge in [0.2, 0.25) is 0 Å². The molecule has 100 valence electrons. The summed E-state index contributed by atoms with van der Waals surface area (Å²) in [6.07, 6.45) is 0.145. The first-order valence-corrected chi connectivity index (χ1v) is 8.01. The number of hydrogen-bond donors (Lipinski definition) is 0. The number of amides is 1. The Hall–Kier alpha value is -1.04. The second-order valence-corrected chi connectivity index (χ2v) is 6.41. The van der Waals surface area contributed by atoms with E-state index < -0.39 is 0 Å². The summed E-state index contributed by atoms with van der Waals surface area (Å²) in [7, 11) is 0. The van der Waals surface area contributed by atoms with Gasteiger partial charge in [0.1, 0.15) is 6.17 Å². The standard InChI is InChI=1S/C14H17N3OS/c18-14-12-4-2-1-3-11(12)13-16(14)5-6-17(13)15-7-9-19-10-8-15/h1-4,13H,5-10H2. The molecule has 0 aromatic heterocycles. The number of thioether (sulfide) groups is 1. The molecule has 19 heavy (non-hydrogen) atoms. The fourth-order valence-corrected chi connectivity index (χ4v) is 4.22. The molecule has 1 atom stereocenters. The van der Waals surface area contributed by atoms with Gasteiger partial charge in [-0.1, -0.05) is 18.2 Å². The number of hydrogen-bond acceptors (Lipinski definition) is 4. The van der Waals surface area contributed by atoms with Crippen molar-refractivity contribution in [2.45, 2.75) is 6.17 Å². The molecule has 0 N–H and O–H groups in total. The van der Waals surface area contributed by atoms with Crippen LogP contribution in [0.5, 0.6) is 0 Å². The molecule has 3 heterocycles. The quantitative estimate of drug-likeness (QED) is 0.774. The first-order chi connectivity index (χ1) is 9.36. The third-order valence-electron chi connectivity index (χ3n) is 4.23. The highest BCUT2D eigenvalue weighted by Crippen LogP contribution is 2.40. The normalized spacial score (nSPS) is 27.7. The van der Waals surface area contributed by atoms with Crippen LogP contribution in [-0.2, 0) is 0 Å². The maximum absolute atomic E-state index is 12.4. The molecular formula is C14H17N3OS. The minimum Gasteiger partial charge on any atom is -0.316 e. The van der Waals surface area contributed by atoms with Gasteiger partial charge in [0.15, 0.2) is 0 Å². The fraction of sp³-hybridized carbons (Fsp3) is 0.500. The van der Waals surface area contributed by atoms with Crippen molar-refractivity contribution in [3.8, 4) is 0 Å². The topological polar surface area (TPSA) is 26.8 Å². The lowest BCUT2D eigenvalue weighted by Crippen LogP contribution is -2.47. The molecule has 0 bridgehead atoms. The van der Waals surface area contributed by atoms with Crippen LogP contribution in [0.15, 0.2) is 24.3 Å². The number of carbonyl (C=O) groups is 1. The Morgan fingerprint density at radius 1 is 1.05 bits per heavy atom. The highest BCUT2D eigenvalue weighted by Gasteiger charge is 2.46. The van der Waals surface area contributed by atoms with Crippen molar-refractivity contribution in [3.05, 3.63) is 35.4 Å². The van der Waals surface area contributed by atoms with Crippen molar-refractivity contribution in [2.24, 2.45) is 0 Å². The fourth-order valence-electron chi connectivity index (χ4n) is 3.34. The summed E-state index contributed by atoms with van der Waals surface area (Å²) >= 11 is 2.02. The Labute approximate surface area is 117 Å². The molecule has 0 spiro atoms. The zero-order valence-electron chi connectivity index (χ0n) is 10.8. The van der Waals surface area contributed by atoms with Crippen molar-refractivity contribution < 1.29 is 4.79 Å².